The lowest BCUT2D eigenvalue weighted by Gasteiger charge is -2.28. The molecule has 114 valence electrons. The molecule has 1 aromatic rings. The fourth-order valence-corrected chi connectivity index (χ4v) is 5.65. The van der Waals surface area contributed by atoms with Crippen molar-refractivity contribution in [1.82, 2.24) is 4.72 Å². The minimum absolute atomic E-state index is 0.339. The van der Waals surface area contributed by atoms with E-state index in [-0.39, 0.29) is 5.54 Å². The summed E-state index contributed by atoms with van der Waals surface area (Å²) in [5.41, 5.74) is 6.79. The SMILES string of the molecule is Cc1cc(C)c(S(=O)(=O)NCC2(N)CCCCCC2)s1. The number of nitrogens with one attached hydrogen (secondary N) is 1. The second kappa shape index (κ2) is 6.13. The first-order chi connectivity index (χ1) is 9.32. The van der Waals surface area contributed by atoms with Gasteiger partial charge in [-0.25, -0.2) is 13.1 Å². The van der Waals surface area contributed by atoms with Gasteiger partial charge in [-0.3, -0.25) is 0 Å². The molecule has 0 aromatic carbocycles. The third-order valence-electron chi connectivity index (χ3n) is 3.95. The average Bonchev–Trinajstić information content (AvgIpc) is 2.59. The van der Waals surface area contributed by atoms with Crippen molar-refractivity contribution in [3.63, 3.8) is 0 Å². The third-order valence-corrected chi connectivity index (χ3v) is 7.14. The molecule has 0 radical (unpaired) electrons. The Bertz CT molecular complexity index is 556. The number of sulfonamides is 1. The summed E-state index contributed by atoms with van der Waals surface area (Å²) in [5, 5.41) is 0. The molecular weight excluding hydrogens is 292 g/mol. The fourth-order valence-electron chi connectivity index (χ4n) is 2.80. The van der Waals surface area contributed by atoms with E-state index in [0.717, 1.165) is 36.1 Å². The number of hydrogen-bond donors (Lipinski definition) is 2. The second-order valence-electron chi connectivity index (χ2n) is 5.93. The summed E-state index contributed by atoms with van der Waals surface area (Å²) in [4.78, 5) is 1.01. The highest BCUT2D eigenvalue weighted by Gasteiger charge is 2.29. The van der Waals surface area contributed by atoms with Crippen molar-refractivity contribution in [2.75, 3.05) is 6.54 Å². The van der Waals surface area contributed by atoms with Crippen molar-refractivity contribution < 1.29 is 8.42 Å². The molecule has 3 N–H and O–H groups in total. The summed E-state index contributed by atoms with van der Waals surface area (Å²) in [7, 11) is -3.43. The molecular formula is C14H24N2O2S2. The van der Waals surface area contributed by atoms with Crippen LogP contribution in [0.25, 0.3) is 0 Å². The normalized spacial score (nSPS) is 19.8. The minimum Gasteiger partial charge on any atom is -0.324 e. The summed E-state index contributed by atoms with van der Waals surface area (Å²) < 4.78 is 27.9. The molecule has 1 saturated carbocycles. The van der Waals surface area contributed by atoms with Crippen LogP contribution in [0.4, 0.5) is 0 Å². The molecule has 1 aliphatic rings. The molecule has 20 heavy (non-hydrogen) atoms. The van der Waals surface area contributed by atoms with Gasteiger partial charge in [-0.15, -0.1) is 11.3 Å². The van der Waals surface area contributed by atoms with Crippen LogP contribution in [0.3, 0.4) is 0 Å². The molecule has 1 aliphatic carbocycles. The predicted molar refractivity (Wildman–Crippen MR) is 83.6 cm³/mol. The largest absolute Gasteiger partial charge is 0.324 e. The van der Waals surface area contributed by atoms with Crippen LogP contribution >= 0.6 is 11.3 Å². The van der Waals surface area contributed by atoms with Crippen LogP contribution in [0.15, 0.2) is 10.3 Å². The molecule has 1 fully saturated rings. The Labute approximate surface area is 125 Å². The molecule has 0 atom stereocenters. The molecule has 0 aliphatic heterocycles. The van der Waals surface area contributed by atoms with E-state index >= 15 is 0 Å². The van der Waals surface area contributed by atoms with Crippen molar-refractivity contribution in [2.45, 2.75) is 62.1 Å². The molecule has 6 heteroatoms. The number of hydrogen-bond acceptors (Lipinski definition) is 4. The van der Waals surface area contributed by atoms with E-state index in [4.69, 9.17) is 5.73 Å². The first kappa shape index (κ1) is 15.9. The zero-order valence-corrected chi connectivity index (χ0v) is 13.9. The zero-order valence-electron chi connectivity index (χ0n) is 12.2. The highest BCUT2D eigenvalue weighted by atomic mass is 32.2. The topological polar surface area (TPSA) is 72.2 Å². The molecule has 0 saturated heterocycles. The molecule has 1 heterocycles. The Hall–Kier alpha value is -0.430. The molecule has 1 aromatic heterocycles. The van der Waals surface area contributed by atoms with E-state index in [9.17, 15) is 8.42 Å². The van der Waals surface area contributed by atoms with Gasteiger partial charge in [0, 0.05) is 17.0 Å². The van der Waals surface area contributed by atoms with E-state index in [1.165, 1.54) is 24.2 Å². The van der Waals surface area contributed by atoms with E-state index < -0.39 is 10.0 Å². The zero-order chi connectivity index (χ0) is 14.8. The van der Waals surface area contributed by atoms with Crippen LogP contribution < -0.4 is 10.5 Å². The van der Waals surface area contributed by atoms with Crippen molar-refractivity contribution in [2.24, 2.45) is 5.73 Å². The van der Waals surface area contributed by atoms with Crippen LogP contribution in [0.2, 0.25) is 0 Å². The van der Waals surface area contributed by atoms with E-state index in [1.54, 1.807) is 0 Å². The quantitative estimate of drug-likeness (QED) is 0.839. The molecule has 4 nitrogen and oxygen atoms in total. The molecule has 0 bridgehead atoms. The van der Waals surface area contributed by atoms with Gasteiger partial charge in [0.05, 0.1) is 0 Å². The summed E-state index contributed by atoms with van der Waals surface area (Å²) in [6, 6.07) is 1.91. The standard InChI is InChI=1S/C14H24N2O2S2/c1-11-9-12(2)19-13(11)20(17,18)16-10-14(15)7-5-3-4-6-8-14/h9,16H,3-8,10,15H2,1-2H3. The van der Waals surface area contributed by atoms with Gasteiger partial charge in [0.15, 0.2) is 0 Å². The second-order valence-corrected chi connectivity index (χ2v) is 9.15. The smallest absolute Gasteiger partial charge is 0.250 e. The van der Waals surface area contributed by atoms with Crippen molar-refractivity contribution in [3.05, 3.63) is 16.5 Å². The predicted octanol–water partition coefficient (Wildman–Crippen LogP) is 2.69. The molecule has 2 rings (SSSR count). The van der Waals surface area contributed by atoms with Gasteiger partial charge in [-0.05, 0) is 38.3 Å². The van der Waals surface area contributed by atoms with Gasteiger partial charge in [-0.2, -0.15) is 0 Å². The Kier molecular flexibility index (Phi) is 4.89. The summed E-state index contributed by atoms with van der Waals surface area (Å²) in [5.74, 6) is 0. The summed E-state index contributed by atoms with van der Waals surface area (Å²) >= 11 is 1.32. The first-order valence-corrected chi connectivity index (χ1v) is 9.48. The van der Waals surface area contributed by atoms with Gasteiger partial charge in [0.1, 0.15) is 4.21 Å². The number of nitrogens with two attached hydrogens (primary N) is 1. The average molecular weight is 316 g/mol. The van der Waals surface area contributed by atoms with Gasteiger partial charge in [-0.1, -0.05) is 25.7 Å². The van der Waals surface area contributed by atoms with Crippen LogP contribution in [-0.2, 0) is 10.0 Å². The van der Waals surface area contributed by atoms with Crippen molar-refractivity contribution >= 4 is 21.4 Å². The van der Waals surface area contributed by atoms with Crippen LogP contribution in [0.5, 0.6) is 0 Å². The lowest BCUT2D eigenvalue weighted by molar-refractivity contribution is 0.369. The summed E-state index contributed by atoms with van der Waals surface area (Å²) in [6.45, 7) is 4.10. The van der Waals surface area contributed by atoms with Crippen LogP contribution in [0.1, 0.15) is 49.0 Å². The number of rotatable bonds is 4. The van der Waals surface area contributed by atoms with Crippen LogP contribution in [0, 0.1) is 13.8 Å². The summed E-state index contributed by atoms with van der Waals surface area (Å²) in [6.07, 6.45) is 6.39. The first-order valence-electron chi connectivity index (χ1n) is 7.18. The number of thiophene rings is 1. The Balaban J connectivity index is 2.07. The van der Waals surface area contributed by atoms with E-state index in [1.807, 2.05) is 19.9 Å². The fraction of sp³-hybridized carbons (Fsp3) is 0.714. The van der Waals surface area contributed by atoms with E-state index in [0.29, 0.717) is 10.8 Å². The van der Waals surface area contributed by atoms with Gasteiger partial charge in [0.2, 0.25) is 10.0 Å². The molecule has 0 amide bonds. The number of aryl methyl sites for hydroxylation is 2. The van der Waals surface area contributed by atoms with Gasteiger partial charge >= 0.3 is 0 Å². The van der Waals surface area contributed by atoms with E-state index in [2.05, 4.69) is 4.72 Å². The highest BCUT2D eigenvalue weighted by Crippen LogP contribution is 2.28. The van der Waals surface area contributed by atoms with Gasteiger partial charge in [0.25, 0.3) is 0 Å². The lowest BCUT2D eigenvalue weighted by atomic mass is 9.92. The molecule has 0 spiro atoms. The Morgan fingerprint density at radius 2 is 1.85 bits per heavy atom. The van der Waals surface area contributed by atoms with Crippen molar-refractivity contribution in [1.29, 1.82) is 0 Å². The maximum atomic E-state index is 12.4. The highest BCUT2D eigenvalue weighted by molar-refractivity contribution is 7.91. The minimum atomic E-state index is -3.43. The Morgan fingerprint density at radius 3 is 2.35 bits per heavy atom. The maximum Gasteiger partial charge on any atom is 0.250 e. The van der Waals surface area contributed by atoms with Gasteiger partial charge < -0.3 is 5.73 Å². The van der Waals surface area contributed by atoms with Crippen molar-refractivity contribution in [3.8, 4) is 0 Å². The lowest BCUT2D eigenvalue weighted by Crippen LogP contribution is -2.49. The molecule has 0 unspecified atom stereocenters. The Morgan fingerprint density at radius 1 is 1.25 bits per heavy atom. The third kappa shape index (κ3) is 3.81. The monoisotopic (exact) mass is 316 g/mol. The van der Waals surface area contributed by atoms with Crippen LogP contribution in [-0.4, -0.2) is 20.5 Å². The maximum absolute atomic E-state index is 12.4.